The fraction of sp³-hybridized carbons (Fsp3) is 0.182. The van der Waals surface area contributed by atoms with Crippen LogP contribution in [0.4, 0.5) is 44.7 Å². The number of anilines is 4. The van der Waals surface area contributed by atoms with E-state index in [0.29, 0.717) is 50.8 Å². The van der Waals surface area contributed by atoms with Crippen LogP contribution in [0.3, 0.4) is 0 Å². The van der Waals surface area contributed by atoms with Gasteiger partial charge in [0.2, 0.25) is 5.82 Å². The molecule has 0 saturated carbocycles. The zero-order valence-electron chi connectivity index (χ0n) is 44.0. The van der Waals surface area contributed by atoms with Crippen molar-refractivity contribution < 1.29 is 47.8 Å². The molecule has 0 N–H and O–H groups in total. The van der Waals surface area contributed by atoms with Gasteiger partial charge in [-0.05, 0) is 97.5 Å². The van der Waals surface area contributed by atoms with Gasteiger partial charge in [0.15, 0.2) is 23.3 Å². The molecule has 0 radical (unpaired) electrons. The third kappa shape index (κ3) is 9.60. The van der Waals surface area contributed by atoms with Crippen molar-refractivity contribution in [2.45, 2.75) is 78.6 Å². The molecule has 2 aromatic heterocycles. The van der Waals surface area contributed by atoms with E-state index >= 15 is 17.6 Å². The Bertz CT molecular complexity index is 3870. The van der Waals surface area contributed by atoms with Crippen molar-refractivity contribution in [3.63, 3.8) is 0 Å². The third-order valence-corrected chi connectivity index (χ3v) is 14.2. The molecule has 0 spiro atoms. The third-order valence-electron chi connectivity index (χ3n) is 14.2. The molecule has 3 heterocycles. The predicted octanol–water partition coefficient (Wildman–Crippen LogP) is 18.6. The molecule has 392 valence electrons. The maximum atomic E-state index is 16.6. The number of benzene rings is 8. The van der Waals surface area contributed by atoms with Gasteiger partial charge in [-0.1, -0.05) is 147 Å². The van der Waals surface area contributed by atoms with Gasteiger partial charge in [-0.15, -0.1) is 48.1 Å². The summed E-state index contributed by atoms with van der Waals surface area (Å²) in [6.45, 7) is 20.9. The Hall–Kier alpha value is -7.55. The molecule has 11 rings (SSSR count). The number of ether oxygens (including phenoxy) is 1. The molecule has 0 aliphatic carbocycles. The standard InChI is InChI=1S/C66H54F5N4O.Pt/c1-64(2,3)42-28-29-72-56(35-42)75-52-23-14-13-22-48(52)49-27-26-47(37-55(49)75)76-46-21-17-20-45(36-46)73-38-74(54-25-16-15-24-53(54)73)63-50(41-30-43(65(4,5)6)34-44(31-41)66(7,8)9)32-40(39-18-11-10-12-19-39)33-51(63)57-58(67)60(69)62(71)61(70)59(57)68;/h10-35,38H,1-9H3;/q-3;. The van der Waals surface area contributed by atoms with Crippen molar-refractivity contribution in [3.8, 4) is 50.7 Å². The van der Waals surface area contributed by atoms with Crippen molar-refractivity contribution >= 4 is 44.6 Å². The minimum absolute atomic E-state index is 0. The summed E-state index contributed by atoms with van der Waals surface area (Å²) in [7, 11) is 0. The molecule has 0 unspecified atom stereocenters. The first-order valence-electron chi connectivity index (χ1n) is 25.2. The molecule has 5 nitrogen and oxygen atoms in total. The monoisotopic (exact) mass is 1210 g/mol. The summed E-state index contributed by atoms with van der Waals surface area (Å²) in [4.78, 5) is 8.45. The normalized spacial score (nSPS) is 12.9. The van der Waals surface area contributed by atoms with Gasteiger partial charge < -0.3 is 19.1 Å². The number of para-hydroxylation sites is 3. The number of rotatable bonds is 8. The van der Waals surface area contributed by atoms with Crippen molar-refractivity contribution in [2.24, 2.45) is 0 Å². The van der Waals surface area contributed by atoms with Gasteiger partial charge in [-0.25, -0.2) is 26.9 Å². The van der Waals surface area contributed by atoms with Crippen molar-refractivity contribution in [1.82, 2.24) is 9.55 Å². The summed E-state index contributed by atoms with van der Waals surface area (Å²) < 4.78 is 88.2. The van der Waals surface area contributed by atoms with E-state index in [0.717, 1.165) is 44.3 Å². The number of hydrogen-bond donors (Lipinski definition) is 0. The topological polar surface area (TPSA) is 33.5 Å². The van der Waals surface area contributed by atoms with Crippen LogP contribution in [0.25, 0.3) is 61.0 Å². The fourth-order valence-corrected chi connectivity index (χ4v) is 10.0. The fourth-order valence-electron chi connectivity index (χ4n) is 10.0. The number of nitrogens with zero attached hydrogens (tertiary/aromatic N) is 4. The van der Waals surface area contributed by atoms with Crippen LogP contribution in [0, 0.1) is 47.9 Å². The van der Waals surface area contributed by atoms with Crippen molar-refractivity contribution in [1.29, 1.82) is 0 Å². The van der Waals surface area contributed by atoms with E-state index in [1.54, 1.807) is 17.6 Å². The first kappa shape index (κ1) is 52.9. The van der Waals surface area contributed by atoms with E-state index < -0.39 is 34.6 Å². The average Bonchev–Trinajstić information content (AvgIpc) is 3.98. The second-order valence-corrected chi connectivity index (χ2v) is 22.5. The van der Waals surface area contributed by atoms with Gasteiger partial charge in [-0.3, -0.25) is 0 Å². The second kappa shape index (κ2) is 19.8. The van der Waals surface area contributed by atoms with Crippen LogP contribution in [0.15, 0.2) is 158 Å². The van der Waals surface area contributed by atoms with Crippen LogP contribution in [0.2, 0.25) is 0 Å². The summed E-state index contributed by atoms with van der Waals surface area (Å²) in [6, 6.07) is 55.0. The van der Waals surface area contributed by atoms with Gasteiger partial charge in [0.05, 0.1) is 5.56 Å². The Morgan fingerprint density at radius 3 is 1.73 bits per heavy atom. The van der Waals surface area contributed by atoms with E-state index in [1.165, 1.54) is 6.07 Å². The first-order valence-corrected chi connectivity index (χ1v) is 25.2. The summed E-state index contributed by atoms with van der Waals surface area (Å²) in [5.41, 5.74) is 7.13. The molecular weight excluding hydrogens is 1150 g/mol. The molecule has 10 aromatic rings. The van der Waals surface area contributed by atoms with Gasteiger partial charge in [0.25, 0.3) is 0 Å². The predicted molar refractivity (Wildman–Crippen MR) is 296 cm³/mol. The van der Waals surface area contributed by atoms with Gasteiger partial charge in [-0.2, -0.15) is 12.1 Å². The molecule has 11 heteroatoms. The molecule has 1 aliphatic rings. The van der Waals surface area contributed by atoms with E-state index in [-0.39, 0.29) is 48.6 Å². The summed E-state index contributed by atoms with van der Waals surface area (Å²) >= 11 is 0. The van der Waals surface area contributed by atoms with Crippen molar-refractivity contribution in [2.75, 3.05) is 9.80 Å². The maximum Gasteiger partial charge on any atom is 0.200 e. The maximum absolute atomic E-state index is 16.6. The largest absolute Gasteiger partial charge is 0.509 e. The summed E-state index contributed by atoms with van der Waals surface area (Å²) in [5, 5.41) is 2.02. The Morgan fingerprint density at radius 1 is 0.481 bits per heavy atom. The Balaban J connectivity index is 0.00000672. The van der Waals surface area contributed by atoms with E-state index in [4.69, 9.17) is 9.72 Å². The van der Waals surface area contributed by atoms with Gasteiger partial charge >= 0.3 is 0 Å². The smallest absolute Gasteiger partial charge is 0.200 e. The van der Waals surface area contributed by atoms with Crippen LogP contribution in [0.1, 0.15) is 79.0 Å². The minimum atomic E-state index is -2.24. The molecule has 1 aliphatic heterocycles. The quantitative estimate of drug-likeness (QED) is 0.0657. The second-order valence-electron chi connectivity index (χ2n) is 22.5. The van der Waals surface area contributed by atoms with Gasteiger partial charge in [0, 0.05) is 72.5 Å². The van der Waals surface area contributed by atoms with Gasteiger partial charge in [0.1, 0.15) is 5.82 Å². The zero-order chi connectivity index (χ0) is 53.6. The molecule has 0 bridgehead atoms. The number of fused-ring (bicyclic) bond motifs is 4. The van der Waals surface area contributed by atoms with Crippen LogP contribution in [-0.2, 0) is 37.3 Å². The van der Waals surface area contributed by atoms with Crippen LogP contribution in [0.5, 0.6) is 11.5 Å². The van der Waals surface area contributed by atoms with E-state index in [2.05, 4.69) is 103 Å². The molecule has 8 aromatic carbocycles. The van der Waals surface area contributed by atoms with E-state index in [1.807, 2.05) is 126 Å². The molecular formula is C66H54F5N4OPt-3. The van der Waals surface area contributed by atoms with Crippen LogP contribution >= 0.6 is 0 Å². The molecule has 0 amide bonds. The molecule has 77 heavy (non-hydrogen) atoms. The van der Waals surface area contributed by atoms with Crippen LogP contribution in [-0.4, -0.2) is 9.55 Å². The summed E-state index contributed by atoms with van der Waals surface area (Å²) in [5.74, 6) is -8.65. The first-order chi connectivity index (χ1) is 36.2. The van der Waals surface area contributed by atoms with E-state index in [9.17, 15) is 4.39 Å². The number of pyridine rings is 1. The van der Waals surface area contributed by atoms with Crippen molar-refractivity contribution in [3.05, 3.63) is 222 Å². The number of aromatic nitrogens is 2. The Labute approximate surface area is 460 Å². The molecule has 0 atom stereocenters. The number of hydrogen-bond acceptors (Lipinski definition) is 4. The minimum Gasteiger partial charge on any atom is -0.509 e. The molecule has 0 saturated heterocycles. The Kier molecular flexibility index (Phi) is 13.6. The molecule has 0 fully saturated rings. The number of halogens is 5. The Morgan fingerprint density at radius 2 is 1.06 bits per heavy atom. The zero-order valence-corrected chi connectivity index (χ0v) is 46.3. The SMILES string of the molecule is CC(C)(C)c1cc(-c2cc(-c3ccccc3)cc(-c3c(F)c(F)c(F)c(F)c3F)c2N2[CH-]N(c3[c-]c(Oc4[c-]c5c(cc4)c4ccccc4n5-c4cc(C(C)(C)C)ccn4)ccc3)c3ccccc32)cc(C(C)(C)C)c1.[Pt]. The average molecular weight is 1210 g/mol. The van der Waals surface area contributed by atoms with Crippen LogP contribution < -0.4 is 14.5 Å². The summed E-state index contributed by atoms with van der Waals surface area (Å²) in [6.07, 6.45) is 1.83.